The fourth-order valence-electron chi connectivity index (χ4n) is 2.43. The van der Waals surface area contributed by atoms with E-state index in [1.807, 2.05) is 0 Å². The fraction of sp³-hybridized carbons (Fsp3) is 0.308. The first-order valence-electron chi connectivity index (χ1n) is 5.94. The number of ether oxygens (including phenoxy) is 1. The van der Waals surface area contributed by atoms with Crippen molar-refractivity contribution in [3.05, 3.63) is 29.8 Å². The second-order valence-corrected chi connectivity index (χ2v) is 4.56. The summed E-state index contributed by atoms with van der Waals surface area (Å²) in [5, 5.41) is 8.94. The molecule has 0 aromatic heterocycles. The number of nitrogens with zero attached hydrogens (tertiary/aromatic N) is 1. The molecule has 6 nitrogen and oxygen atoms in total. The molecule has 2 aliphatic rings. The molecule has 98 valence electrons. The molecule has 0 spiro atoms. The van der Waals surface area contributed by atoms with Crippen LogP contribution < -0.4 is 4.90 Å². The Hall–Kier alpha value is -2.21. The molecule has 1 aromatic rings. The van der Waals surface area contributed by atoms with E-state index in [0.29, 0.717) is 12.8 Å². The fourth-order valence-corrected chi connectivity index (χ4v) is 2.43. The summed E-state index contributed by atoms with van der Waals surface area (Å²) in [4.78, 5) is 36.2. The number of hydrogen-bond donors (Lipinski definition) is 1. The molecule has 2 atom stereocenters. The highest BCUT2D eigenvalue weighted by Crippen LogP contribution is 2.31. The number of amides is 2. The number of morpholine rings is 1. The topological polar surface area (TPSA) is 83.9 Å². The molecule has 2 unspecified atom stereocenters. The van der Waals surface area contributed by atoms with E-state index in [1.54, 1.807) is 6.07 Å². The van der Waals surface area contributed by atoms with Crippen LogP contribution in [0.25, 0.3) is 0 Å². The highest BCUT2D eigenvalue weighted by atomic mass is 16.5. The van der Waals surface area contributed by atoms with E-state index in [9.17, 15) is 14.4 Å². The van der Waals surface area contributed by atoms with Gasteiger partial charge in [-0.2, -0.15) is 0 Å². The largest absolute Gasteiger partial charge is 0.478 e. The van der Waals surface area contributed by atoms with Crippen LogP contribution in [0.4, 0.5) is 5.69 Å². The summed E-state index contributed by atoms with van der Waals surface area (Å²) in [5.74, 6) is -1.93. The first-order chi connectivity index (χ1) is 9.08. The number of anilines is 1. The van der Waals surface area contributed by atoms with Gasteiger partial charge in [0.25, 0.3) is 11.8 Å². The van der Waals surface area contributed by atoms with E-state index < -0.39 is 30.0 Å². The van der Waals surface area contributed by atoms with Gasteiger partial charge in [0.15, 0.2) is 0 Å². The highest BCUT2D eigenvalue weighted by molar-refractivity contribution is 6.20. The van der Waals surface area contributed by atoms with Crippen LogP contribution in [0.2, 0.25) is 0 Å². The highest BCUT2D eigenvalue weighted by Gasteiger charge is 2.47. The maximum atomic E-state index is 12.1. The number of carbonyl (C=O) groups is 3. The van der Waals surface area contributed by atoms with Gasteiger partial charge in [0.2, 0.25) is 0 Å². The molecule has 1 aromatic carbocycles. The van der Waals surface area contributed by atoms with E-state index in [4.69, 9.17) is 9.84 Å². The number of aromatic carboxylic acids is 1. The van der Waals surface area contributed by atoms with Crippen LogP contribution in [0.1, 0.15) is 23.2 Å². The summed E-state index contributed by atoms with van der Waals surface area (Å²) in [6, 6.07) is 5.79. The van der Waals surface area contributed by atoms with E-state index >= 15 is 0 Å². The van der Waals surface area contributed by atoms with E-state index in [0.717, 1.165) is 4.90 Å². The van der Waals surface area contributed by atoms with E-state index in [2.05, 4.69) is 0 Å². The van der Waals surface area contributed by atoms with Crippen molar-refractivity contribution in [1.29, 1.82) is 0 Å². The Morgan fingerprint density at radius 1 is 1.21 bits per heavy atom. The third kappa shape index (κ3) is 1.80. The second kappa shape index (κ2) is 4.17. The molecule has 3 rings (SSSR count). The summed E-state index contributed by atoms with van der Waals surface area (Å²) >= 11 is 0. The molecule has 0 saturated carbocycles. The van der Waals surface area contributed by atoms with Gasteiger partial charge < -0.3 is 9.84 Å². The third-order valence-electron chi connectivity index (χ3n) is 3.36. The number of carboxylic acids is 1. The van der Waals surface area contributed by atoms with Crippen LogP contribution >= 0.6 is 0 Å². The number of fused-ring (bicyclic) bond motifs is 2. The predicted molar refractivity (Wildman–Crippen MR) is 63.8 cm³/mol. The smallest absolute Gasteiger partial charge is 0.335 e. The first kappa shape index (κ1) is 11.9. The number of imide groups is 1. The van der Waals surface area contributed by atoms with Crippen molar-refractivity contribution in [2.75, 3.05) is 4.90 Å². The van der Waals surface area contributed by atoms with Gasteiger partial charge in [0.1, 0.15) is 12.2 Å². The molecular formula is C13H11NO5. The van der Waals surface area contributed by atoms with Crippen LogP contribution in [-0.2, 0) is 14.3 Å². The minimum Gasteiger partial charge on any atom is -0.478 e. The van der Waals surface area contributed by atoms with Crippen molar-refractivity contribution >= 4 is 23.5 Å². The Balaban J connectivity index is 2.01. The molecule has 2 bridgehead atoms. The zero-order chi connectivity index (χ0) is 13.6. The molecule has 6 heteroatoms. The molecule has 2 amide bonds. The third-order valence-corrected chi connectivity index (χ3v) is 3.36. The lowest BCUT2D eigenvalue weighted by Crippen LogP contribution is -2.52. The van der Waals surface area contributed by atoms with Gasteiger partial charge in [-0.15, -0.1) is 0 Å². The summed E-state index contributed by atoms with van der Waals surface area (Å²) in [7, 11) is 0. The Bertz CT molecular complexity index is 560. The minimum absolute atomic E-state index is 0.0388. The van der Waals surface area contributed by atoms with Crippen LogP contribution in [0.5, 0.6) is 0 Å². The van der Waals surface area contributed by atoms with Gasteiger partial charge in [-0.1, -0.05) is 6.07 Å². The molecule has 2 fully saturated rings. The first-order valence-corrected chi connectivity index (χ1v) is 5.94. The van der Waals surface area contributed by atoms with Crippen molar-refractivity contribution in [1.82, 2.24) is 0 Å². The van der Waals surface area contributed by atoms with E-state index in [-0.39, 0.29) is 11.3 Å². The molecule has 1 N–H and O–H groups in total. The van der Waals surface area contributed by atoms with Crippen molar-refractivity contribution in [2.45, 2.75) is 25.0 Å². The lowest BCUT2D eigenvalue weighted by atomic mass is 10.1. The van der Waals surface area contributed by atoms with Gasteiger partial charge >= 0.3 is 5.97 Å². The Morgan fingerprint density at radius 3 is 2.42 bits per heavy atom. The number of hydrogen-bond acceptors (Lipinski definition) is 4. The van der Waals surface area contributed by atoms with Crippen LogP contribution in [-0.4, -0.2) is 35.1 Å². The SMILES string of the molecule is O=C(O)c1cccc(N2C(=O)C3CCC(O3)C2=O)c1. The minimum atomic E-state index is -1.10. The molecule has 2 aliphatic heterocycles. The average Bonchev–Trinajstić information content (AvgIpc) is 2.84. The monoisotopic (exact) mass is 261 g/mol. The molecular weight excluding hydrogens is 250 g/mol. The average molecular weight is 261 g/mol. The van der Waals surface area contributed by atoms with Gasteiger partial charge in [-0.25, -0.2) is 9.69 Å². The van der Waals surface area contributed by atoms with E-state index in [1.165, 1.54) is 18.2 Å². The van der Waals surface area contributed by atoms with Crippen molar-refractivity contribution < 1.29 is 24.2 Å². The molecule has 0 radical (unpaired) electrons. The molecule has 0 aliphatic carbocycles. The normalized spacial score (nSPS) is 25.8. The zero-order valence-corrected chi connectivity index (χ0v) is 9.91. The Morgan fingerprint density at radius 2 is 1.84 bits per heavy atom. The van der Waals surface area contributed by atoms with Gasteiger partial charge in [0, 0.05) is 0 Å². The second-order valence-electron chi connectivity index (χ2n) is 4.56. The van der Waals surface area contributed by atoms with Gasteiger partial charge in [0.05, 0.1) is 11.3 Å². The van der Waals surface area contributed by atoms with Gasteiger partial charge in [-0.05, 0) is 31.0 Å². The van der Waals surface area contributed by atoms with Crippen molar-refractivity contribution in [3.8, 4) is 0 Å². The zero-order valence-electron chi connectivity index (χ0n) is 9.91. The number of carbonyl (C=O) groups excluding carboxylic acids is 2. The quantitative estimate of drug-likeness (QED) is 0.796. The van der Waals surface area contributed by atoms with Gasteiger partial charge in [-0.3, -0.25) is 9.59 Å². The lowest BCUT2D eigenvalue weighted by molar-refractivity contribution is -0.146. The summed E-state index contributed by atoms with van der Waals surface area (Å²) in [6.45, 7) is 0. The maximum absolute atomic E-state index is 12.1. The standard InChI is InChI=1S/C13H11NO5/c15-11-9-4-5-10(19-9)12(16)14(11)8-3-1-2-7(6-8)13(17)18/h1-3,6,9-10H,4-5H2,(H,17,18). The number of benzene rings is 1. The number of rotatable bonds is 2. The predicted octanol–water partition coefficient (Wildman–Crippen LogP) is 0.806. The summed E-state index contributed by atoms with van der Waals surface area (Å²) in [5.41, 5.74) is 0.326. The number of carboxylic acid groups (broad SMARTS) is 1. The molecule has 2 heterocycles. The lowest BCUT2D eigenvalue weighted by Gasteiger charge is -2.29. The summed E-state index contributed by atoms with van der Waals surface area (Å²) < 4.78 is 5.29. The van der Waals surface area contributed by atoms with Crippen LogP contribution in [0.3, 0.4) is 0 Å². The molecule has 2 saturated heterocycles. The Labute approximate surface area is 108 Å². The maximum Gasteiger partial charge on any atom is 0.335 e. The van der Waals surface area contributed by atoms with Crippen LogP contribution in [0, 0.1) is 0 Å². The van der Waals surface area contributed by atoms with Crippen LogP contribution in [0.15, 0.2) is 24.3 Å². The van der Waals surface area contributed by atoms with Crippen molar-refractivity contribution in [2.24, 2.45) is 0 Å². The Kier molecular flexibility index (Phi) is 2.60. The van der Waals surface area contributed by atoms with Crippen molar-refractivity contribution in [3.63, 3.8) is 0 Å². The summed E-state index contributed by atoms with van der Waals surface area (Å²) in [6.07, 6.45) is -0.110. The molecule has 19 heavy (non-hydrogen) atoms.